The number of amides is 1. The molecule has 8 heteroatoms. The van der Waals surface area contributed by atoms with Gasteiger partial charge in [0.2, 0.25) is 12.7 Å². The van der Waals surface area contributed by atoms with Crippen LogP contribution in [-0.4, -0.2) is 41.4 Å². The van der Waals surface area contributed by atoms with Crippen molar-refractivity contribution in [3.05, 3.63) is 52.0 Å². The summed E-state index contributed by atoms with van der Waals surface area (Å²) in [5.74, 6) is 1.34. The maximum Gasteiger partial charge on any atom is 0.238 e. The predicted octanol–water partition coefficient (Wildman–Crippen LogP) is 5.03. The Balaban J connectivity index is 1.41. The predicted molar refractivity (Wildman–Crippen MR) is 123 cm³/mol. The molecule has 6 nitrogen and oxygen atoms in total. The third kappa shape index (κ3) is 4.17. The Bertz CT molecular complexity index is 1030. The molecule has 5 rings (SSSR count). The van der Waals surface area contributed by atoms with Crippen molar-refractivity contribution < 1.29 is 19.4 Å². The summed E-state index contributed by atoms with van der Waals surface area (Å²) in [6, 6.07) is 10.9. The van der Waals surface area contributed by atoms with E-state index in [1.54, 1.807) is 18.2 Å². The number of halogens is 2. The van der Waals surface area contributed by atoms with Crippen LogP contribution in [0.25, 0.3) is 0 Å². The molecule has 2 N–H and O–H groups in total. The Hall–Kier alpha value is -1.99. The highest BCUT2D eigenvalue weighted by atomic mass is 35.5. The van der Waals surface area contributed by atoms with Crippen LogP contribution in [0.1, 0.15) is 43.7 Å². The van der Waals surface area contributed by atoms with Gasteiger partial charge < -0.3 is 19.9 Å². The van der Waals surface area contributed by atoms with E-state index in [1.807, 2.05) is 18.2 Å². The molecule has 1 aliphatic carbocycles. The molecule has 1 amide bonds. The molecule has 1 saturated carbocycles. The molecule has 3 atom stereocenters. The Morgan fingerprint density at radius 2 is 1.97 bits per heavy atom. The van der Waals surface area contributed by atoms with Crippen LogP contribution in [-0.2, 0) is 4.79 Å². The van der Waals surface area contributed by atoms with E-state index in [0.717, 1.165) is 37.0 Å². The number of hydrogen-bond acceptors (Lipinski definition) is 5. The van der Waals surface area contributed by atoms with Crippen LogP contribution in [0.3, 0.4) is 0 Å². The number of likely N-dealkylation sites (tertiary alicyclic amines) is 1. The van der Waals surface area contributed by atoms with Gasteiger partial charge in [-0.3, -0.25) is 9.69 Å². The highest BCUT2D eigenvalue weighted by Crippen LogP contribution is 2.50. The average Bonchev–Trinajstić information content (AvgIpc) is 3.23. The lowest BCUT2D eigenvalue weighted by Crippen LogP contribution is -2.56. The fourth-order valence-corrected chi connectivity index (χ4v) is 5.88. The number of anilines is 1. The zero-order valence-electron chi connectivity index (χ0n) is 17.7. The van der Waals surface area contributed by atoms with E-state index in [4.69, 9.17) is 32.7 Å². The number of piperidine rings is 1. The van der Waals surface area contributed by atoms with Gasteiger partial charge in [-0.2, -0.15) is 0 Å². The lowest BCUT2D eigenvalue weighted by Gasteiger charge is -2.52. The fourth-order valence-electron chi connectivity index (χ4n) is 5.43. The molecule has 2 aromatic carbocycles. The molecular formula is C24H26Cl2N2O4. The number of fused-ring (bicyclic) bond motifs is 2. The van der Waals surface area contributed by atoms with Gasteiger partial charge in [0.1, 0.15) is 0 Å². The molecule has 2 heterocycles. The maximum absolute atomic E-state index is 13.0. The molecule has 0 unspecified atom stereocenters. The first-order chi connectivity index (χ1) is 15.4. The first kappa shape index (κ1) is 21.8. The summed E-state index contributed by atoms with van der Waals surface area (Å²) in [5.41, 5.74) is 0.870. The summed E-state index contributed by atoms with van der Waals surface area (Å²) in [4.78, 5) is 15.1. The largest absolute Gasteiger partial charge is 0.454 e. The lowest BCUT2D eigenvalue weighted by atomic mass is 9.66. The van der Waals surface area contributed by atoms with Crippen molar-refractivity contribution in [3.8, 4) is 11.5 Å². The molecule has 2 fully saturated rings. The summed E-state index contributed by atoms with van der Waals surface area (Å²) in [7, 11) is 0. The Morgan fingerprint density at radius 3 is 2.81 bits per heavy atom. The van der Waals surface area contributed by atoms with E-state index in [0.29, 0.717) is 34.4 Å². The average molecular weight is 477 g/mol. The van der Waals surface area contributed by atoms with E-state index in [9.17, 15) is 9.90 Å². The third-order valence-electron chi connectivity index (χ3n) is 6.96. The van der Waals surface area contributed by atoms with Gasteiger partial charge in [-0.15, -0.1) is 0 Å². The van der Waals surface area contributed by atoms with E-state index in [2.05, 4.69) is 10.2 Å². The van der Waals surface area contributed by atoms with Gasteiger partial charge in [-0.25, -0.2) is 0 Å². The first-order valence-electron chi connectivity index (χ1n) is 11.0. The Labute approximate surface area is 197 Å². The summed E-state index contributed by atoms with van der Waals surface area (Å²) in [5, 5.41) is 15.3. The smallest absolute Gasteiger partial charge is 0.238 e. The molecule has 1 saturated heterocycles. The molecule has 0 spiro atoms. The van der Waals surface area contributed by atoms with E-state index < -0.39 is 5.60 Å². The fraction of sp³-hybridized carbons (Fsp3) is 0.458. The van der Waals surface area contributed by atoms with Gasteiger partial charge in [0.05, 0.1) is 22.9 Å². The molecule has 3 aliphatic rings. The SMILES string of the molecule is O=C(CN1CC[C@]2(O)CCCC[C@@H]2[C@H]1c1ccc2c(c1)OCO2)Nc1ccc(Cl)cc1Cl. The molecular weight excluding hydrogens is 451 g/mol. The Morgan fingerprint density at radius 1 is 1.12 bits per heavy atom. The molecule has 2 aliphatic heterocycles. The second kappa shape index (κ2) is 8.75. The zero-order valence-corrected chi connectivity index (χ0v) is 19.2. The number of rotatable bonds is 4. The van der Waals surface area contributed by atoms with Crippen molar-refractivity contribution in [2.75, 3.05) is 25.2 Å². The molecule has 2 aromatic rings. The molecule has 0 radical (unpaired) electrons. The van der Waals surface area contributed by atoms with E-state index in [1.165, 1.54) is 0 Å². The zero-order chi connectivity index (χ0) is 22.3. The number of carbonyl (C=O) groups excluding carboxylic acids is 1. The molecule has 0 aromatic heterocycles. The van der Waals surface area contributed by atoms with Crippen molar-refractivity contribution in [2.45, 2.75) is 43.7 Å². The molecule has 0 bridgehead atoms. The van der Waals surface area contributed by atoms with Gasteiger partial charge in [0.15, 0.2) is 11.5 Å². The van der Waals surface area contributed by atoms with Crippen LogP contribution in [0.4, 0.5) is 5.69 Å². The van der Waals surface area contributed by atoms with Crippen molar-refractivity contribution in [1.82, 2.24) is 4.90 Å². The van der Waals surface area contributed by atoms with Crippen molar-refractivity contribution >= 4 is 34.8 Å². The highest BCUT2D eigenvalue weighted by molar-refractivity contribution is 6.36. The summed E-state index contributed by atoms with van der Waals surface area (Å²) < 4.78 is 11.1. The number of nitrogens with zero attached hydrogens (tertiary/aromatic N) is 1. The number of benzene rings is 2. The molecule has 32 heavy (non-hydrogen) atoms. The number of ether oxygens (including phenoxy) is 2. The van der Waals surface area contributed by atoms with Crippen molar-refractivity contribution in [1.29, 1.82) is 0 Å². The summed E-state index contributed by atoms with van der Waals surface area (Å²) in [6.07, 6.45) is 4.51. The quantitative estimate of drug-likeness (QED) is 0.647. The normalized spacial score (nSPS) is 27.1. The summed E-state index contributed by atoms with van der Waals surface area (Å²) in [6.45, 7) is 1.04. The molecule has 170 valence electrons. The number of aliphatic hydroxyl groups is 1. The van der Waals surface area contributed by atoms with E-state index >= 15 is 0 Å². The van der Waals surface area contributed by atoms with Gasteiger partial charge >= 0.3 is 0 Å². The lowest BCUT2D eigenvalue weighted by molar-refractivity contribution is -0.135. The second-order valence-corrected chi connectivity index (χ2v) is 9.75. The topological polar surface area (TPSA) is 71.0 Å². The third-order valence-corrected chi connectivity index (χ3v) is 7.51. The standard InChI is InChI=1S/C24H26Cl2N2O4/c25-16-5-6-19(18(26)12-16)27-22(29)13-28-10-9-24(30)8-2-1-3-17(24)23(28)15-4-7-20-21(11-15)32-14-31-20/h4-7,11-12,17,23,30H,1-3,8-10,13-14H2,(H,27,29)/t17-,23-,24-/m1/s1. The van der Waals surface area contributed by atoms with E-state index in [-0.39, 0.29) is 31.2 Å². The highest BCUT2D eigenvalue weighted by Gasteiger charge is 2.49. The first-order valence-corrected chi connectivity index (χ1v) is 11.8. The van der Waals surface area contributed by atoms with Gasteiger partial charge in [-0.05, 0) is 55.2 Å². The number of nitrogens with one attached hydrogen (secondary N) is 1. The monoisotopic (exact) mass is 476 g/mol. The number of carbonyl (C=O) groups is 1. The van der Waals surface area contributed by atoms with Crippen LogP contribution in [0.5, 0.6) is 11.5 Å². The van der Waals surface area contributed by atoms with Crippen molar-refractivity contribution in [3.63, 3.8) is 0 Å². The maximum atomic E-state index is 13.0. The van der Waals surface area contributed by atoms with Crippen LogP contribution in [0.2, 0.25) is 10.0 Å². The van der Waals surface area contributed by atoms with Crippen LogP contribution >= 0.6 is 23.2 Å². The minimum absolute atomic E-state index is 0.0530. The number of hydrogen-bond donors (Lipinski definition) is 2. The van der Waals surface area contributed by atoms with Gasteiger partial charge in [0, 0.05) is 23.5 Å². The van der Waals surface area contributed by atoms with Crippen molar-refractivity contribution in [2.24, 2.45) is 5.92 Å². The Kier molecular flexibility index (Phi) is 5.97. The van der Waals surface area contributed by atoms with Crippen LogP contribution in [0, 0.1) is 5.92 Å². The minimum atomic E-state index is -0.703. The minimum Gasteiger partial charge on any atom is -0.454 e. The second-order valence-electron chi connectivity index (χ2n) is 8.91. The van der Waals surface area contributed by atoms with Crippen LogP contribution < -0.4 is 14.8 Å². The van der Waals surface area contributed by atoms with Gasteiger partial charge in [-0.1, -0.05) is 42.1 Å². The summed E-state index contributed by atoms with van der Waals surface area (Å²) >= 11 is 12.2. The van der Waals surface area contributed by atoms with Crippen LogP contribution in [0.15, 0.2) is 36.4 Å². The van der Waals surface area contributed by atoms with Gasteiger partial charge in [0.25, 0.3) is 0 Å².